The van der Waals surface area contributed by atoms with Crippen LogP contribution in [0.3, 0.4) is 0 Å². The van der Waals surface area contributed by atoms with Crippen molar-refractivity contribution in [2.45, 2.75) is 19.4 Å². The van der Waals surface area contributed by atoms with Crippen LogP contribution in [0.1, 0.15) is 33.5 Å². The molecule has 3 rings (SSSR count). The predicted octanol–water partition coefficient (Wildman–Crippen LogP) is 1.77. The molecule has 1 unspecified atom stereocenters. The van der Waals surface area contributed by atoms with E-state index >= 15 is 0 Å². The Labute approximate surface area is 121 Å². The largest absolute Gasteiger partial charge is 0.476 e. The number of anilines is 1. The molecule has 2 aromatic rings. The van der Waals surface area contributed by atoms with Gasteiger partial charge in [-0.25, -0.2) is 14.8 Å². The van der Waals surface area contributed by atoms with Crippen LogP contribution in [0.2, 0.25) is 0 Å². The van der Waals surface area contributed by atoms with E-state index in [-0.39, 0.29) is 17.4 Å². The summed E-state index contributed by atoms with van der Waals surface area (Å²) in [6.45, 7) is 1.93. The topological polar surface area (TPSA) is 83.4 Å². The molecule has 6 nitrogen and oxygen atoms in total. The number of carboxylic acid groups (broad SMARTS) is 1. The lowest BCUT2D eigenvalue weighted by Gasteiger charge is -2.22. The third-order valence-corrected chi connectivity index (χ3v) is 3.53. The molecular weight excluding hydrogens is 270 g/mol. The minimum absolute atomic E-state index is 0.0430. The first kappa shape index (κ1) is 13.2. The van der Waals surface area contributed by atoms with Crippen molar-refractivity contribution in [2.24, 2.45) is 0 Å². The summed E-state index contributed by atoms with van der Waals surface area (Å²) in [7, 11) is 0. The minimum Gasteiger partial charge on any atom is -0.476 e. The average molecular weight is 283 g/mol. The first-order chi connectivity index (χ1) is 10.1. The van der Waals surface area contributed by atoms with E-state index in [9.17, 15) is 9.59 Å². The fourth-order valence-electron chi connectivity index (χ4n) is 2.64. The molecule has 0 bridgehead atoms. The molecule has 1 N–H and O–H groups in total. The van der Waals surface area contributed by atoms with Gasteiger partial charge in [-0.1, -0.05) is 18.2 Å². The molecule has 0 spiro atoms. The second-order valence-electron chi connectivity index (χ2n) is 4.92. The van der Waals surface area contributed by atoms with E-state index in [1.165, 1.54) is 12.4 Å². The number of amides is 1. The maximum absolute atomic E-state index is 12.7. The number of carbonyl (C=O) groups excluding carboxylic acids is 1. The number of hydrogen-bond acceptors (Lipinski definition) is 4. The first-order valence-electron chi connectivity index (χ1n) is 6.55. The monoisotopic (exact) mass is 283 g/mol. The molecule has 1 amide bonds. The molecule has 1 atom stereocenters. The summed E-state index contributed by atoms with van der Waals surface area (Å²) in [5.74, 6) is -1.69. The van der Waals surface area contributed by atoms with E-state index in [0.717, 1.165) is 17.7 Å². The van der Waals surface area contributed by atoms with Crippen LogP contribution in [-0.4, -0.2) is 33.0 Å². The maximum atomic E-state index is 12.7. The molecule has 1 aromatic carbocycles. The molecule has 0 aliphatic carbocycles. The minimum atomic E-state index is -1.26. The Balaban J connectivity index is 2.06. The molecule has 2 heterocycles. The zero-order chi connectivity index (χ0) is 15.0. The van der Waals surface area contributed by atoms with Gasteiger partial charge in [-0.3, -0.25) is 4.79 Å². The van der Waals surface area contributed by atoms with Gasteiger partial charge < -0.3 is 10.0 Å². The lowest BCUT2D eigenvalue weighted by molar-refractivity contribution is 0.0684. The molecular formula is C15H13N3O3. The summed E-state index contributed by atoms with van der Waals surface area (Å²) in [5.41, 5.74) is 1.42. The second kappa shape index (κ2) is 4.97. The number of aromatic nitrogens is 2. The molecule has 6 heteroatoms. The third kappa shape index (κ3) is 2.14. The van der Waals surface area contributed by atoms with Crippen LogP contribution in [0.15, 0.2) is 36.7 Å². The Morgan fingerprint density at radius 1 is 1.19 bits per heavy atom. The normalized spacial score (nSPS) is 16.6. The summed E-state index contributed by atoms with van der Waals surface area (Å²) in [6.07, 6.45) is 3.33. The van der Waals surface area contributed by atoms with Crippen LogP contribution < -0.4 is 4.90 Å². The van der Waals surface area contributed by atoms with Crippen molar-refractivity contribution >= 4 is 17.6 Å². The van der Waals surface area contributed by atoms with Crippen molar-refractivity contribution in [3.05, 3.63) is 53.6 Å². The SMILES string of the molecule is CC1Cc2ccccc2N1C(=O)c1nccnc1C(=O)O. The molecule has 106 valence electrons. The van der Waals surface area contributed by atoms with Gasteiger partial charge in [-0.2, -0.15) is 0 Å². The van der Waals surface area contributed by atoms with E-state index in [1.54, 1.807) is 4.90 Å². The van der Waals surface area contributed by atoms with Gasteiger partial charge in [0.2, 0.25) is 0 Å². The Morgan fingerprint density at radius 3 is 2.57 bits per heavy atom. The number of hydrogen-bond donors (Lipinski definition) is 1. The van der Waals surface area contributed by atoms with E-state index < -0.39 is 11.9 Å². The number of fused-ring (bicyclic) bond motifs is 1. The van der Waals surface area contributed by atoms with Crippen LogP contribution >= 0.6 is 0 Å². The van der Waals surface area contributed by atoms with Crippen LogP contribution in [0.4, 0.5) is 5.69 Å². The highest BCUT2D eigenvalue weighted by Crippen LogP contribution is 2.32. The van der Waals surface area contributed by atoms with Crippen molar-refractivity contribution in [3.63, 3.8) is 0 Å². The third-order valence-electron chi connectivity index (χ3n) is 3.53. The van der Waals surface area contributed by atoms with Gasteiger partial charge in [0, 0.05) is 24.1 Å². The summed E-state index contributed by atoms with van der Waals surface area (Å²) >= 11 is 0. The van der Waals surface area contributed by atoms with Crippen molar-refractivity contribution in [2.75, 3.05) is 4.90 Å². The summed E-state index contributed by atoms with van der Waals surface area (Å²) in [6, 6.07) is 7.55. The number of aromatic carboxylic acids is 1. The van der Waals surface area contributed by atoms with Crippen molar-refractivity contribution < 1.29 is 14.7 Å². The van der Waals surface area contributed by atoms with Crippen LogP contribution in [-0.2, 0) is 6.42 Å². The van der Waals surface area contributed by atoms with Gasteiger partial charge in [0.15, 0.2) is 11.4 Å². The molecule has 1 aliphatic rings. The van der Waals surface area contributed by atoms with Gasteiger partial charge in [-0.05, 0) is 25.0 Å². The average Bonchev–Trinajstić information content (AvgIpc) is 2.82. The Morgan fingerprint density at radius 2 is 1.86 bits per heavy atom. The fraction of sp³-hybridized carbons (Fsp3) is 0.200. The smallest absolute Gasteiger partial charge is 0.356 e. The predicted molar refractivity (Wildman–Crippen MR) is 75.4 cm³/mol. The zero-order valence-electron chi connectivity index (χ0n) is 11.4. The molecule has 0 fully saturated rings. The summed E-state index contributed by atoms with van der Waals surface area (Å²) < 4.78 is 0. The highest BCUT2D eigenvalue weighted by molar-refractivity contribution is 6.11. The quantitative estimate of drug-likeness (QED) is 0.908. The molecule has 0 saturated carbocycles. The number of nitrogens with zero attached hydrogens (tertiary/aromatic N) is 3. The number of para-hydroxylation sites is 1. The van der Waals surface area contributed by atoms with Gasteiger partial charge in [0.1, 0.15) is 0 Å². The van der Waals surface area contributed by atoms with E-state index in [1.807, 2.05) is 31.2 Å². The Kier molecular flexibility index (Phi) is 3.13. The van der Waals surface area contributed by atoms with E-state index in [0.29, 0.717) is 0 Å². The fourth-order valence-corrected chi connectivity index (χ4v) is 2.64. The van der Waals surface area contributed by atoms with Crippen LogP contribution in [0.5, 0.6) is 0 Å². The van der Waals surface area contributed by atoms with Gasteiger partial charge in [0.25, 0.3) is 5.91 Å². The number of rotatable bonds is 2. The molecule has 21 heavy (non-hydrogen) atoms. The maximum Gasteiger partial charge on any atom is 0.356 e. The lowest BCUT2D eigenvalue weighted by atomic mass is 10.1. The summed E-state index contributed by atoms with van der Waals surface area (Å²) in [5, 5.41) is 9.15. The number of carbonyl (C=O) groups is 2. The highest BCUT2D eigenvalue weighted by Gasteiger charge is 2.34. The van der Waals surface area contributed by atoms with E-state index in [4.69, 9.17) is 5.11 Å². The number of benzene rings is 1. The van der Waals surface area contributed by atoms with Crippen molar-refractivity contribution in [1.82, 2.24) is 9.97 Å². The second-order valence-corrected chi connectivity index (χ2v) is 4.92. The van der Waals surface area contributed by atoms with Gasteiger partial charge >= 0.3 is 5.97 Å². The number of carboxylic acids is 1. The van der Waals surface area contributed by atoms with Gasteiger partial charge in [0.05, 0.1) is 0 Å². The van der Waals surface area contributed by atoms with Crippen LogP contribution in [0.25, 0.3) is 0 Å². The summed E-state index contributed by atoms with van der Waals surface area (Å²) in [4.78, 5) is 33.1. The molecule has 0 saturated heterocycles. The highest BCUT2D eigenvalue weighted by atomic mass is 16.4. The molecule has 1 aromatic heterocycles. The van der Waals surface area contributed by atoms with E-state index in [2.05, 4.69) is 9.97 Å². The Bertz CT molecular complexity index is 730. The molecule has 0 radical (unpaired) electrons. The zero-order valence-corrected chi connectivity index (χ0v) is 11.4. The van der Waals surface area contributed by atoms with Gasteiger partial charge in [-0.15, -0.1) is 0 Å². The first-order valence-corrected chi connectivity index (χ1v) is 6.55. The lowest BCUT2D eigenvalue weighted by Crippen LogP contribution is -2.37. The van der Waals surface area contributed by atoms with Crippen molar-refractivity contribution in [3.8, 4) is 0 Å². The van der Waals surface area contributed by atoms with Crippen LogP contribution in [0, 0.1) is 0 Å². The standard InChI is InChI=1S/C15H13N3O3/c1-9-8-10-4-2-3-5-11(10)18(9)14(19)12-13(15(20)21)17-7-6-16-12/h2-7,9H,8H2,1H3,(H,20,21). The van der Waals surface area contributed by atoms with Crippen molar-refractivity contribution in [1.29, 1.82) is 0 Å². The molecule has 1 aliphatic heterocycles. The Hall–Kier alpha value is -2.76.